The van der Waals surface area contributed by atoms with E-state index in [0.29, 0.717) is 18.2 Å². The molecule has 4 heterocycles. The van der Waals surface area contributed by atoms with Crippen LogP contribution in [0.5, 0.6) is 0 Å². The van der Waals surface area contributed by atoms with E-state index < -0.39 is 23.8 Å². The average molecular weight is 322 g/mol. The molecule has 114 valence electrons. The molecule has 1 N–H and O–H groups in total. The standard InChI is InChI=1S/C14H12ClN3O4/c15-10-2-1-8(5-16-10)18-7-14-9(18)6-17-13(14)21-11(19)3-4-12(20)22-14/h1-5,9,13,17H,6-7H2/b4-3+. The van der Waals surface area contributed by atoms with Crippen LogP contribution >= 0.6 is 11.6 Å². The Balaban J connectivity index is 1.63. The highest BCUT2D eigenvalue weighted by molar-refractivity contribution is 6.29. The van der Waals surface area contributed by atoms with E-state index in [0.717, 1.165) is 17.8 Å². The van der Waals surface area contributed by atoms with Gasteiger partial charge in [0.25, 0.3) is 0 Å². The fourth-order valence-corrected chi connectivity index (χ4v) is 3.29. The lowest BCUT2D eigenvalue weighted by Gasteiger charge is -2.54. The van der Waals surface area contributed by atoms with E-state index in [1.165, 1.54) is 0 Å². The van der Waals surface area contributed by atoms with E-state index in [1.54, 1.807) is 12.3 Å². The van der Waals surface area contributed by atoms with Crippen LogP contribution in [0.25, 0.3) is 0 Å². The monoisotopic (exact) mass is 321 g/mol. The number of carbonyl (C=O) groups is 2. The van der Waals surface area contributed by atoms with Gasteiger partial charge in [-0.2, -0.15) is 0 Å². The molecule has 3 atom stereocenters. The van der Waals surface area contributed by atoms with E-state index in [9.17, 15) is 9.59 Å². The molecule has 22 heavy (non-hydrogen) atoms. The van der Waals surface area contributed by atoms with Crippen LogP contribution in [-0.4, -0.2) is 47.9 Å². The van der Waals surface area contributed by atoms with Crippen molar-refractivity contribution >= 4 is 29.2 Å². The third kappa shape index (κ3) is 1.89. The lowest BCUT2D eigenvalue weighted by atomic mass is 9.84. The molecule has 3 aliphatic rings. The van der Waals surface area contributed by atoms with Gasteiger partial charge in [-0.25, -0.2) is 14.6 Å². The summed E-state index contributed by atoms with van der Waals surface area (Å²) < 4.78 is 10.9. The molecule has 0 bridgehead atoms. The number of ether oxygens (including phenoxy) is 2. The van der Waals surface area contributed by atoms with Crippen molar-refractivity contribution in [2.24, 2.45) is 0 Å². The fraction of sp³-hybridized carbons (Fsp3) is 0.357. The molecule has 0 amide bonds. The highest BCUT2D eigenvalue weighted by Gasteiger charge is 2.66. The maximum Gasteiger partial charge on any atom is 0.332 e. The van der Waals surface area contributed by atoms with Crippen molar-refractivity contribution in [3.8, 4) is 0 Å². The summed E-state index contributed by atoms with van der Waals surface area (Å²) in [5, 5.41) is 3.51. The van der Waals surface area contributed by atoms with E-state index in [-0.39, 0.29) is 6.04 Å². The topological polar surface area (TPSA) is 80.8 Å². The summed E-state index contributed by atoms with van der Waals surface area (Å²) in [6.45, 7) is 0.958. The van der Waals surface area contributed by atoms with Crippen LogP contribution in [0.1, 0.15) is 0 Å². The first-order valence-electron chi connectivity index (χ1n) is 6.82. The summed E-state index contributed by atoms with van der Waals surface area (Å²) in [5.74, 6) is -1.09. The van der Waals surface area contributed by atoms with Crippen molar-refractivity contribution < 1.29 is 19.1 Å². The Morgan fingerprint density at radius 1 is 1.32 bits per heavy atom. The molecule has 2 saturated heterocycles. The lowest BCUT2D eigenvalue weighted by Crippen LogP contribution is -2.74. The number of hydrogen-bond acceptors (Lipinski definition) is 7. The molecule has 3 unspecified atom stereocenters. The Morgan fingerprint density at radius 2 is 2.14 bits per heavy atom. The van der Waals surface area contributed by atoms with Gasteiger partial charge >= 0.3 is 11.9 Å². The molecule has 0 saturated carbocycles. The third-order valence-electron chi connectivity index (χ3n) is 4.22. The smallest absolute Gasteiger partial charge is 0.332 e. The number of nitrogens with zero attached hydrogens (tertiary/aromatic N) is 2. The largest absolute Gasteiger partial charge is 0.446 e. The summed E-state index contributed by atoms with van der Waals surface area (Å²) >= 11 is 5.80. The second-order valence-electron chi connectivity index (χ2n) is 5.42. The number of rotatable bonds is 1. The zero-order chi connectivity index (χ0) is 15.3. The molecule has 0 radical (unpaired) electrons. The van der Waals surface area contributed by atoms with Gasteiger partial charge in [0.2, 0.25) is 5.60 Å². The molecule has 4 rings (SSSR count). The molecular formula is C14H12ClN3O4. The molecule has 0 aromatic carbocycles. The van der Waals surface area contributed by atoms with Crippen molar-refractivity contribution in [2.75, 3.05) is 18.0 Å². The fourth-order valence-electron chi connectivity index (χ4n) is 3.18. The second-order valence-corrected chi connectivity index (χ2v) is 5.80. The van der Waals surface area contributed by atoms with Gasteiger partial charge in [0, 0.05) is 18.7 Å². The molecule has 7 nitrogen and oxygen atoms in total. The Hall–Kier alpha value is -2.12. The quantitative estimate of drug-likeness (QED) is 0.586. The van der Waals surface area contributed by atoms with Crippen molar-refractivity contribution in [1.29, 1.82) is 0 Å². The Bertz CT molecular complexity index is 677. The molecule has 1 aromatic heterocycles. The first-order chi connectivity index (χ1) is 10.6. The van der Waals surface area contributed by atoms with Gasteiger partial charge in [-0.3, -0.25) is 5.32 Å². The highest BCUT2D eigenvalue weighted by Crippen LogP contribution is 2.43. The molecular weight excluding hydrogens is 310 g/mol. The number of nitrogens with one attached hydrogen (secondary N) is 1. The average Bonchev–Trinajstić information content (AvgIpc) is 2.71. The first kappa shape index (κ1) is 13.5. The summed E-state index contributed by atoms with van der Waals surface area (Å²) in [5.41, 5.74) is 0.0133. The van der Waals surface area contributed by atoms with Crippen LogP contribution in [0.2, 0.25) is 5.15 Å². The van der Waals surface area contributed by atoms with Crippen molar-refractivity contribution in [3.63, 3.8) is 0 Å². The van der Waals surface area contributed by atoms with Crippen LogP contribution in [-0.2, 0) is 19.1 Å². The van der Waals surface area contributed by atoms with E-state index >= 15 is 0 Å². The van der Waals surface area contributed by atoms with Crippen LogP contribution in [0.15, 0.2) is 30.5 Å². The van der Waals surface area contributed by atoms with Crippen LogP contribution in [0.3, 0.4) is 0 Å². The van der Waals surface area contributed by atoms with Crippen LogP contribution in [0.4, 0.5) is 5.69 Å². The summed E-state index contributed by atoms with van der Waals surface area (Å²) in [7, 11) is 0. The first-order valence-corrected chi connectivity index (χ1v) is 7.19. The number of carbonyl (C=O) groups excluding carboxylic acids is 2. The van der Waals surface area contributed by atoms with Gasteiger partial charge in [-0.1, -0.05) is 11.6 Å². The lowest BCUT2D eigenvalue weighted by molar-refractivity contribution is -0.188. The molecule has 1 aromatic rings. The van der Waals surface area contributed by atoms with Gasteiger partial charge in [0.1, 0.15) is 5.15 Å². The predicted molar refractivity (Wildman–Crippen MR) is 76.2 cm³/mol. The summed E-state index contributed by atoms with van der Waals surface area (Å²) in [4.78, 5) is 29.5. The summed E-state index contributed by atoms with van der Waals surface area (Å²) in [6.07, 6.45) is 3.19. The number of anilines is 1. The SMILES string of the molecule is O=C1/C=C/C(=O)OC23CN(c4ccc(Cl)nc4)C2CNC3O1. The van der Waals surface area contributed by atoms with E-state index in [2.05, 4.69) is 10.3 Å². The predicted octanol–water partition coefficient (Wildman–Crippen LogP) is 0.248. The van der Waals surface area contributed by atoms with Crippen LogP contribution < -0.4 is 10.2 Å². The number of esters is 2. The van der Waals surface area contributed by atoms with Crippen molar-refractivity contribution in [2.45, 2.75) is 17.9 Å². The van der Waals surface area contributed by atoms with Crippen LogP contribution in [0, 0.1) is 0 Å². The van der Waals surface area contributed by atoms with Gasteiger partial charge in [0.05, 0.1) is 24.5 Å². The zero-order valence-electron chi connectivity index (χ0n) is 11.4. The Kier molecular flexibility index (Phi) is 2.88. The van der Waals surface area contributed by atoms with Gasteiger partial charge in [0.15, 0.2) is 6.23 Å². The van der Waals surface area contributed by atoms with E-state index in [4.69, 9.17) is 21.1 Å². The van der Waals surface area contributed by atoms with Gasteiger partial charge < -0.3 is 14.4 Å². The molecule has 0 aliphatic carbocycles. The van der Waals surface area contributed by atoms with E-state index in [1.807, 2.05) is 11.0 Å². The molecule has 3 aliphatic heterocycles. The Morgan fingerprint density at radius 3 is 2.91 bits per heavy atom. The maximum atomic E-state index is 11.8. The van der Waals surface area contributed by atoms with Gasteiger partial charge in [-0.05, 0) is 12.1 Å². The summed E-state index contributed by atoms with van der Waals surface area (Å²) in [6, 6.07) is 3.43. The third-order valence-corrected chi connectivity index (χ3v) is 4.45. The Labute approximate surface area is 130 Å². The normalized spacial score (nSPS) is 34.5. The molecule has 2 fully saturated rings. The minimum Gasteiger partial charge on any atom is -0.446 e. The number of aromatic nitrogens is 1. The highest BCUT2D eigenvalue weighted by atomic mass is 35.5. The number of halogens is 1. The van der Waals surface area contributed by atoms with Crippen molar-refractivity contribution in [1.82, 2.24) is 10.3 Å². The minimum absolute atomic E-state index is 0.122. The molecule has 1 spiro atoms. The number of pyridine rings is 1. The minimum atomic E-state index is -0.864. The number of hydrogen-bond donors (Lipinski definition) is 1. The maximum absolute atomic E-state index is 11.8. The van der Waals surface area contributed by atoms with Gasteiger partial charge in [-0.15, -0.1) is 0 Å². The molecule has 8 heteroatoms. The second kappa shape index (κ2) is 4.69. The zero-order valence-corrected chi connectivity index (χ0v) is 12.1. The van der Waals surface area contributed by atoms with Crippen molar-refractivity contribution in [3.05, 3.63) is 35.6 Å².